The second-order valence-electron chi connectivity index (χ2n) is 6.66. The molecule has 28 heavy (non-hydrogen) atoms. The lowest BCUT2D eigenvalue weighted by Gasteiger charge is -2.14. The Morgan fingerprint density at radius 1 is 1.18 bits per heavy atom. The summed E-state index contributed by atoms with van der Waals surface area (Å²) in [6.45, 7) is 1.71. The first kappa shape index (κ1) is 18.6. The van der Waals surface area contributed by atoms with Crippen LogP contribution in [0, 0.1) is 11.6 Å². The maximum atomic E-state index is 13.8. The van der Waals surface area contributed by atoms with E-state index in [1.807, 2.05) is 34.9 Å². The Morgan fingerprint density at radius 2 is 1.93 bits per heavy atom. The molecule has 1 heterocycles. The van der Waals surface area contributed by atoms with Crippen LogP contribution >= 0.6 is 11.8 Å². The molecule has 1 aromatic heterocycles. The first-order chi connectivity index (χ1) is 13.5. The van der Waals surface area contributed by atoms with E-state index in [9.17, 15) is 13.6 Å². The third kappa shape index (κ3) is 3.91. The number of thioether (sulfide) groups is 1. The molecule has 144 valence electrons. The molecular formula is C20H18F2N4OS. The van der Waals surface area contributed by atoms with Gasteiger partial charge in [-0.3, -0.25) is 9.36 Å². The predicted molar refractivity (Wildman–Crippen MR) is 104 cm³/mol. The van der Waals surface area contributed by atoms with Gasteiger partial charge in [0.2, 0.25) is 5.91 Å². The summed E-state index contributed by atoms with van der Waals surface area (Å²) in [6.07, 6.45) is 2.16. The van der Waals surface area contributed by atoms with Crippen molar-refractivity contribution >= 4 is 23.4 Å². The number of hydrogen-bond donors (Lipinski definition) is 1. The highest BCUT2D eigenvalue weighted by Crippen LogP contribution is 2.41. The molecule has 0 aliphatic heterocycles. The highest BCUT2D eigenvalue weighted by Gasteiger charge is 2.32. The van der Waals surface area contributed by atoms with Crippen LogP contribution in [-0.2, 0) is 4.79 Å². The number of carbonyl (C=O) groups excluding carboxylic acids is 1. The van der Waals surface area contributed by atoms with Crippen molar-refractivity contribution in [3.8, 4) is 5.69 Å². The number of hydrogen-bond acceptors (Lipinski definition) is 4. The maximum Gasteiger partial charge on any atom is 0.237 e. The molecule has 1 aliphatic rings. The molecule has 0 bridgehead atoms. The summed E-state index contributed by atoms with van der Waals surface area (Å²) in [4.78, 5) is 12.5. The van der Waals surface area contributed by atoms with Gasteiger partial charge in [0.15, 0.2) is 5.16 Å². The van der Waals surface area contributed by atoms with Crippen LogP contribution in [0.3, 0.4) is 0 Å². The zero-order valence-electron chi connectivity index (χ0n) is 15.1. The van der Waals surface area contributed by atoms with Gasteiger partial charge in [0.05, 0.1) is 10.9 Å². The van der Waals surface area contributed by atoms with Crippen molar-refractivity contribution in [1.29, 1.82) is 0 Å². The van der Waals surface area contributed by atoms with E-state index >= 15 is 0 Å². The van der Waals surface area contributed by atoms with Crippen molar-refractivity contribution in [3.63, 3.8) is 0 Å². The first-order valence-corrected chi connectivity index (χ1v) is 9.84. The summed E-state index contributed by atoms with van der Waals surface area (Å²) in [5.41, 5.74) is 0.885. The quantitative estimate of drug-likeness (QED) is 0.617. The van der Waals surface area contributed by atoms with E-state index in [4.69, 9.17) is 0 Å². The molecular weight excluding hydrogens is 382 g/mol. The van der Waals surface area contributed by atoms with E-state index < -0.39 is 22.8 Å². The predicted octanol–water partition coefficient (Wildman–Crippen LogP) is 4.54. The number of para-hydroxylation sites is 1. The van der Waals surface area contributed by atoms with E-state index in [-0.39, 0.29) is 5.69 Å². The fraction of sp³-hybridized carbons (Fsp3) is 0.250. The van der Waals surface area contributed by atoms with E-state index in [0.29, 0.717) is 11.1 Å². The smallest absolute Gasteiger partial charge is 0.237 e. The van der Waals surface area contributed by atoms with Gasteiger partial charge in [-0.25, -0.2) is 8.78 Å². The highest BCUT2D eigenvalue weighted by atomic mass is 32.2. The van der Waals surface area contributed by atoms with Crippen LogP contribution < -0.4 is 5.32 Å². The van der Waals surface area contributed by atoms with Gasteiger partial charge in [0, 0.05) is 17.7 Å². The second-order valence-corrected chi connectivity index (χ2v) is 7.97. The lowest BCUT2D eigenvalue weighted by atomic mass is 10.3. The molecule has 0 unspecified atom stereocenters. The lowest BCUT2D eigenvalue weighted by Crippen LogP contribution is -2.23. The minimum atomic E-state index is -0.811. The topological polar surface area (TPSA) is 59.8 Å². The normalized spacial score (nSPS) is 14.7. The van der Waals surface area contributed by atoms with Gasteiger partial charge >= 0.3 is 0 Å². The molecule has 1 N–H and O–H groups in total. The molecule has 0 spiro atoms. The van der Waals surface area contributed by atoms with Crippen molar-refractivity contribution in [3.05, 3.63) is 66.0 Å². The number of amides is 1. The molecule has 3 aromatic rings. The number of halogens is 2. The van der Waals surface area contributed by atoms with Gasteiger partial charge in [-0.05, 0) is 44.0 Å². The van der Waals surface area contributed by atoms with Gasteiger partial charge in [0.25, 0.3) is 0 Å². The van der Waals surface area contributed by atoms with Gasteiger partial charge in [-0.2, -0.15) is 0 Å². The molecule has 1 fully saturated rings. The minimum Gasteiger partial charge on any atom is -0.323 e. The van der Waals surface area contributed by atoms with Crippen LogP contribution in [0.25, 0.3) is 5.69 Å². The molecule has 5 nitrogen and oxygen atoms in total. The number of benzene rings is 2. The van der Waals surface area contributed by atoms with Crippen molar-refractivity contribution in [2.75, 3.05) is 5.32 Å². The number of anilines is 1. The molecule has 1 saturated carbocycles. The molecule has 1 atom stereocenters. The van der Waals surface area contributed by atoms with Gasteiger partial charge in [-0.1, -0.05) is 30.0 Å². The van der Waals surface area contributed by atoms with E-state index in [1.165, 1.54) is 17.8 Å². The third-order valence-electron chi connectivity index (χ3n) is 4.46. The Hall–Kier alpha value is -2.74. The molecule has 4 rings (SSSR count). The summed E-state index contributed by atoms with van der Waals surface area (Å²) < 4.78 is 28.8. The van der Waals surface area contributed by atoms with E-state index in [2.05, 4.69) is 15.5 Å². The molecule has 1 amide bonds. The number of nitrogens with zero attached hydrogens (tertiary/aromatic N) is 3. The van der Waals surface area contributed by atoms with Crippen molar-refractivity contribution < 1.29 is 13.6 Å². The standard InChI is InChI=1S/C20H18F2N4OS/c1-12(19(27)23-17-10-9-14(21)11-16(17)22)28-20-25-24-18(13-7-8-13)26(20)15-5-3-2-4-6-15/h2-6,9-13H,7-8H2,1H3,(H,23,27)/t12-/m1/s1. The van der Waals surface area contributed by atoms with Gasteiger partial charge in [-0.15, -0.1) is 10.2 Å². The van der Waals surface area contributed by atoms with E-state index in [0.717, 1.165) is 36.5 Å². The van der Waals surface area contributed by atoms with Gasteiger partial charge in [0.1, 0.15) is 17.5 Å². The van der Waals surface area contributed by atoms with Crippen LogP contribution in [0.2, 0.25) is 0 Å². The molecule has 1 aliphatic carbocycles. The number of rotatable bonds is 6. The maximum absolute atomic E-state index is 13.8. The summed E-state index contributed by atoms with van der Waals surface area (Å²) in [6, 6.07) is 12.8. The summed E-state index contributed by atoms with van der Waals surface area (Å²) in [7, 11) is 0. The molecule has 0 saturated heterocycles. The number of nitrogens with one attached hydrogen (secondary N) is 1. The molecule has 0 radical (unpaired) electrons. The van der Waals surface area contributed by atoms with Crippen LogP contribution in [0.1, 0.15) is 31.5 Å². The summed E-state index contributed by atoms with van der Waals surface area (Å²) in [5, 5.41) is 11.2. The fourth-order valence-corrected chi connectivity index (χ4v) is 3.69. The van der Waals surface area contributed by atoms with Crippen molar-refractivity contribution in [2.24, 2.45) is 0 Å². The highest BCUT2D eigenvalue weighted by molar-refractivity contribution is 8.00. The Labute approximate surface area is 165 Å². The zero-order valence-corrected chi connectivity index (χ0v) is 15.9. The van der Waals surface area contributed by atoms with Crippen molar-refractivity contribution in [2.45, 2.75) is 36.1 Å². The summed E-state index contributed by atoms with van der Waals surface area (Å²) in [5.74, 6) is -0.619. The zero-order chi connectivity index (χ0) is 19.7. The Balaban J connectivity index is 1.54. The Kier molecular flexibility index (Phi) is 5.13. The summed E-state index contributed by atoms with van der Waals surface area (Å²) >= 11 is 1.25. The van der Waals surface area contributed by atoms with Crippen LogP contribution in [0.15, 0.2) is 53.7 Å². The monoisotopic (exact) mass is 400 g/mol. The molecule has 2 aromatic carbocycles. The largest absolute Gasteiger partial charge is 0.323 e. The van der Waals surface area contributed by atoms with Crippen molar-refractivity contribution in [1.82, 2.24) is 14.8 Å². The third-order valence-corrected chi connectivity index (χ3v) is 5.50. The van der Waals surface area contributed by atoms with E-state index in [1.54, 1.807) is 6.92 Å². The molecule has 8 heteroatoms. The van der Waals surface area contributed by atoms with Crippen LogP contribution in [-0.4, -0.2) is 25.9 Å². The Morgan fingerprint density at radius 3 is 2.61 bits per heavy atom. The van der Waals surface area contributed by atoms with Crippen LogP contribution in [0.4, 0.5) is 14.5 Å². The first-order valence-electron chi connectivity index (χ1n) is 8.96. The average molecular weight is 400 g/mol. The fourth-order valence-electron chi connectivity index (χ4n) is 2.82. The lowest BCUT2D eigenvalue weighted by molar-refractivity contribution is -0.115. The minimum absolute atomic E-state index is 0.0537. The average Bonchev–Trinajstić information content (AvgIpc) is 3.45. The SMILES string of the molecule is C[C@@H](Sc1nnc(C2CC2)n1-c1ccccc1)C(=O)Nc1ccc(F)cc1F. The second kappa shape index (κ2) is 7.71. The Bertz CT molecular complexity index is 1000. The van der Waals surface area contributed by atoms with Crippen LogP contribution in [0.5, 0.6) is 0 Å². The van der Waals surface area contributed by atoms with Gasteiger partial charge < -0.3 is 5.32 Å². The number of aromatic nitrogens is 3. The number of carbonyl (C=O) groups is 1.